The Morgan fingerprint density at radius 1 is 1.42 bits per heavy atom. The molecule has 0 bridgehead atoms. The van der Waals surface area contributed by atoms with Gasteiger partial charge in [0.2, 0.25) is 0 Å². The van der Waals surface area contributed by atoms with Crippen molar-refractivity contribution in [2.45, 2.75) is 6.54 Å². The summed E-state index contributed by atoms with van der Waals surface area (Å²) < 4.78 is 27.0. The molecule has 0 amide bonds. The second-order valence-corrected chi connectivity index (χ2v) is 6.13. The highest BCUT2D eigenvalue weighted by molar-refractivity contribution is 9.10. The molecule has 106 valence electrons. The number of nitrogens with zero attached hydrogens (tertiary/aromatic N) is 2. The molecule has 0 saturated carbocycles. The Labute approximate surface area is 121 Å². The molecule has 0 radical (unpaired) electrons. The second kappa shape index (κ2) is 6.65. The molecular weight excluding hydrogens is 336 g/mol. The quantitative estimate of drug-likeness (QED) is 0.808. The molecule has 1 fully saturated rings. The number of aryl methyl sites for hydroxylation is 1. The van der Waals surface area contributed by atoms with Crippen LogP contribution in [0.5, 0.6) is 0 Å². The van der Waals surface area contributed by atoms with Gasteiger partial charge in [0.25, 0.3) is 5.56 Å². The first-order valence-electron chi connectivity index (χ1n) is 5.88. The van der Waals surface area contributed by atoms with Crippen LogP contribution in [0.4, 0.5) is 5.69 Å². The van der Waals surface area contributed by atoms with Crippen LogP contribution in [-0.2, 0) is 22.4 Å². The summed E-state index contributed by atoms with van der Waals surface area (Å²) in [4.78, 5) is 14.3. The zero-order valence-corrected chi connectivity index (χ0v) is 12.7. The third-order valence-corrected chi connectivity index (χ3v) is 3.86. The molecule has 1 atom stereocenters. The van der Waals surface area contributed by atoms with Crippen LogP contribution in [-0.4, -0.2) is 45.4 Å². The Kier molecular flexibility index (Phi) is 5.14. The molecule has 1 aliphatic heterocycles. The molecule has 0 aliphatic carbocycles. The van der Waals surface area contributed by atoms with Crippen molar-refractivity contribution < 1.29 is 13.5 Å². The summed E-state index contributed by atoms with van der Waals surface area (Å²) in [5, 5.41) is 0. The van der Waals surface area contributed by atoms with Crippen molar-refractivity contribution >= 4 is 32.7 Å². The van der Waals surface area contributed by atoms with Crippen molar-refractivity contribution in [2.24, 2.45) is 0 Å². The van der Waals surface area contributed by atoms with Crippen molar-refractivity contribution in [3.63, 3.8) is 0 Å². The predicted octanol–water partition coefficient (Wildman–Crippen LogP) is 0.669. The number of ether oxygens (including phenoxy) is 1. The average Bonchev–Trinajstić information content (AvgIpc) is 2.40. The van der Waals surface area contributed by atoms with E-state index in [1.54, 1.807) is 12.3 Å². The number of rotatable bonds is 4. The number of aromatic nitrogens is 1. The number of hydrogen-bond acceptors (Lipinski definition) is 4. The molecule has 0 spiro atoms. The number of anilines is 1. The summed E-state index contributed by atoms with van der Waals surface area (Å²) in [6.07, 6.45) is 1.64. The molecular formula is C11H15BrN2O4S. The number of halogens is 1. The highest BCUT2D eigenvalue weighted by atomic mass is 79.9. The Morgan fingerprint density at radius 2 is 2.11 bits per heavy atom. The Hall–Kier alpha value is -0.700. The fourth-order valence-electron chi connectivity index (χ4n) is 1.96. The highest BCUT2D eigenvalue weighted by Crippen LogP contribution is 2.17. The maximum Gasteiger partial charge on any atom is 0.274 e. The first-order chi connectivity index (χ1) is 9.08. The van der Waals surface area contributed by atoms with Crippen molar-refractivity contribution in [1.82, 2.24) is 4.57 Å². The molecule has 0 aromatic carbocycles. The molecule has 8 heteroatoms. The SMILES string of the molecule is O=c1c(N2CCOCC2)cc(Br)cn1CCS(=O)O. The van der Waals surface area contributed by atoms with E-state index >= 15 is 0 Å². The van der Waals surface area contributed by atoms with Gasteiger partial charge in [-0.2, -0.15) is 0 Å². The van der Waals surface area contributed by atoms with Gasteiger partial charge >= 0.3 is 0 Å². The van der Waals surface area contributed by atoms with Gasteiger partial charge in [0.1, 0.15) is 5.69 Å². The van der Waals surface area contributed by atoms with Gasteiger partial charge in [0.05, 0.1) is 19.0 Å². The lowest BCUT2D eigenvalue weighted by Crippen LogP contribution is -2.40. The average molecular weight is 351 g/mol. The Balaban J connectivity index is 2.27. The molecule has 1 saturated heterocycles. The summed E-state index contributed by atoms with van der Waals surface area (Å²) in [6.45, 7) is 2.78. The van der Waals surface area contributed by atoms with Gasteiger partial charge < -0.3 is 18.8 Å². The van der Waals surface area contributed by atoms with Gasteiger partial charge in [-0.3, -0.25) is 4.79 Å². The van der Waals surface area contributed by atoms with E-state index < -0.39 is 11.1 Å². The Morgan fingerprint density at radius 3 is 2.74 bits per heavy atom. The third kappa shape index (κ3) is 3.88. The van der Waals surface area contributed by atoms with E-state index in [0.29, 0.717) is 32.0 Å². The van der Waals surface area contributed by atoms with Crippen LogP contribution < -0.4 is 10.5 Å². The Bertz CT molecular complexity index is 528. The van der Waals surface area contributed by atoms with Crippen LogP contribution in [0.25, 0.3) is 0 Å². The highest BCUT2D eigenvalue weighted by Gasteiger charge is 2.16. The topological polar surface area (TPSA) is 71.8 Å². The van der Waals surface area contributed by atoms with E-state index in [4.69, 9.17) is 9.29 Å². The van der Waals surface area contributed by atoms with Gasteiger partial charge in [-0.05, 0) is 22.0 Å². The van der Waals surface area contributed by atoms with Gasteiger partial charge in [0, 0.05) is 30.3 Å². The molecule has 2 rings (SSSR count). The minimum Gasteiger partial charge on any atom is -0.378 e. The van der Waals surface area contributed by atoms with Crippen LogP contribution >= 0.6 is 15.9 Å². The lowest BCUT2D eigenvalue weighted by atomic mass is 10.3. The molecule has 1 unspecified atom stereocenters. The lowest BCUT2D eigenvalue weighted by Gasteiger charge is -2.28. The van der Waals surface area contributed by atoms with E-state index in [9.17, 15) is 9.00 Å². The molecule has 1 N–H and O–H groups in total. The van der Waals surface area contributed by atoms with Gasteiger partial charge in [0.15, 0.2) is 11.1 Å². The molecule has 2 heterocycles. The standard InChI is InChI=1S/C11H15BrN2O4S/c12-9-7-10(13-1-4-18-5-2-13)11(15)14(8-9)3-6-19(16)17/h7-8H,1-6H2,(H,16,17). The molecule has 1 aliphatic rings. The van der Waals surface area contributed by atoms with Crippen LogP contribution in [0.1, 0.15) is 0 Å². The zero-order chi connectivity index (χ0) is 13.8. The van der Waals surface area contributed by atoms with Gasteiger partial charge in [-0.15, -0.1) is 0 Å². The predicted molar refractivity (Wildman–Crippen MR) is 77.1 cm³/mol. The zero-order valence-electron chi connectivity index (χ0n) is 10.2. The maximum atomic E-state index is 12.3. The minimum absolute atomic E-state index is 0.0406. The molecule has 1 aromatic rings. The molecule has 1 aromatic heterocycles. The third-order valence-electron chi connectivity index (χ3n) is 2.89. The summed E-state index contributed by atoms with van der Waals surface area (Å²) in [7, 11) is 0. The normalized spacial score (nSPS) is 17.5. The van der Waals surface area contributed by atoms with Crippen molar-refractivity contribution in [2.75, 3.05) is 37.0 Å². The summed E-state index contributed by atoms with van der Waals surface area (Å²) in [6, 6.07) is 1.78. The van der Waals surface area contributed by atoms with Crippen molar-refractivity contribution in [1.29, 1.82) is 0 Å². The number of pyridine rings is 1. The van der Waals surface area contributed by atoms with Crippen LogP contribution in [0.3, 0.4) is 0 Å². The molecule has 19 heavy (non-hydrogen) atoms. The fourth-order valence-corrected chi connectivity index (χ4v) is 2.77. The molecule has 6 nitrogen and oxygen atoms in total. The van der Waals surface area contributed by atoms with Crippen LogP contribution in [0.2, 0.25) is 0 Å². The number of hydrogen-bond donors (Lipinski definition) is 1. The van der Waals surface area contributed by atoms with E-state index in [-0.39, 0.29) is 17.9 Å². The maximum absolute atomic E-state index is 12.3. The van der Waals surface area contributed by atoms with Crippen molar-refractivity contribution in [3.05, 3.63) is 27.1 Å². The van der Waals surface area contributed by atoms with E-state index in [0.717, 1.165) is 4.47 Å². The smallest absolute Gasteiger partial charge is 0.274 e. The van der Waals surface area contributed by atoms with E-state index in [1.165, 1.54) is 4.57 Å². The first kappa shape index (κ1) is 14.7. The summed E-state index contributed by atoms with van der Waals surface area (Å²) in [5.74, 6) is 0.0406. The lowest BCUT2D eigenvalue weighted by molar-refractivity contribution is 0.122. The summed E-state index contributed by atoms with van der Waals surface area (Å²) >= 11 is 1.46. The monoisotopic (exact) mass is 350 g/mol. The van der Waals surface area contributed by atoms with Gasteiger partial charge in [-0.1, -0.05) is 0 Å². The van der Waals surface area contributed by atoms with Crippen LogP contribution in [0, 0.1) is 0 Å². The second-order valence-electron chi connectivity index (χ2n) is 4.17. The fraction of sp³-hybridized carbons (Fsp3) is 0.545. The summed E-state index contributed by atoms with van der Waals surface area (Å²) in [5.41, 5.74) is 0.456. The van der Waals surface area contributed by atoms with E-state index in [1.807, 2.05) is 4.90 Å². The van der Waals surface area contributed by atoms with Crippen LogP contribution in [0.15, 0.2) is 21.5 Å². The minimum atomic E-state index is -1.90. The van der Waals surface area contributed by atoms with Gasteiger partial charge in [-0.25, -0.2) is 4.21 Å². The number of morpholine rings is 1. The first-order valence-corrected chi connectivity index (χ1v) is 7.95. The van der Waals surface area contributed by atoms with E-state index in [2.05, 4.69) is 15.9 Å². The van der Waals surface area contributed by atoms with Crippen molar-refractivity contribution in [3.8, 4) is 0 Å². The largest absolute Gasteiger partial charge is 0.378 e.